The number of rotatable bonds is 4. The molecule has 0 spiro atoms. The van der Waals surface area contributed by atoms with Crippen molar-refractivity contribution >= 4 is 15.9 Å². The molecular formula is C17H19BrO2. The van der Waals surface area contributed by atoms with Gasteiger partial charge in [-0.1, -0.05) is 52.3 Å². The topological polar surface area (TPSA) is 40.5 Å². The molecule has 0 aromatic heterocycles. The Kier molecular flexibility index (Phi) is 4.63. The Labute approximate surface area is 128 Å². The van der Waals surface area contributed by atoms with Crippen molar-refractivity contribution in [2.24, 2.45) is 0 Å². The van der Waals surface area contributed by atoms with Crippen molar-refractivity contribution in [3.05, 3.63) is 69.7 Å². The molecule has 0 aliphatic heterocycles. The van der Waals surface area contributed by atoms with Gasteiger partial charge >= 0.3 is 0 Å². The zero-order valence-corrected chi connectivity index (χ0v) is 13.3. The number of aliphatic hydroxyl groups is 2. The number of halogens is 1. The highest BCUT2D eigenvalue weighted by molar-refractivity contribution is 9.10. The second-order valence-electron chi connectivity index (χ2n) is 5.50. The zero-order chi connectivity index (χ0) is 14.8. The molecule has 0 aliphatic carbocycles. The molecule has 0 fully saturated rings. The fourth-order valence-corrected chi connectivity index (χ4v) is 2.79. The lowest BCUT2D eigenvalue weighted by molar-refractivity contribution is 0.0728. The van der Waals surface area contributed by atoms with Crippen LogP contribution in [-0.2, 0) is 12.0 Å². The van der Waals surface area contributed by atoms with Crippen molar-refractivity contribution in [3.63, 3.8) is 0 Å². The van der Waals surface area contributed by atoms with Crippen LogP contribution in [0.1, 0.15) is 36.6 Å². The van der Waals surface area contributed by atoms with E-state index in [-0.39, 0.29) is 0 Å². The van der Waals surface area contributed by atoms with E-state index in [4.69, 9.17) is 0 Å². The molecule has 2 nitrogen and oxygen atoms in total. The largest absolute Gasteiger partial charge is 0.388 e. The number of hydrogen-bond donors (Lipinski definition) is 2. The molecule has 2 aromatic rings. The second kappa shape index (κ2) is 6.08. The minimum Gasteiger partial charge on any atom is -0.388 e. The molecule has 20 heavy (non-hydrogen) atoms. The summed E-state index contributed by atoms with van der Waals surface area (Å²) in [7, 11) is 0. The lowest BCUT2D eigenvalue weighted by Crippen LogP contribution is -2.20. The van der Waals surface area contributed by atoms with Gasteiger partial charge in [0.15, 0.2) is 0 Å². The van der Waals surface area contributed by atoms with Crippen LogP contribution >= 0.6 is 15.9 Å². The molecular weight excluding hydrogens is 316 g/mol. The summed E-state index contributed by atoms with van der Waals surface area (Å²) in [6, 6.07) is 15.4. The molecule has 2 N–H and O–H groups in total. The molecule has 0 aliphatic rings. The Hall–Kier alpha value is -1.16. The van der Waals surface area contributed by atoms with E-state index in [9.17, 15) is 10.2 Å². The molecule has 0 saturated heterocycles. The predicted molar refractivity (Wildman–Crippen MR) is 84.5 cm³/mol. The van der Waals surface area contributed by atoms with Crippen LogP contribution in [-0.4, -0.2) is 10.2 Å². The maximum atomic E-state index is 10.5. The van der Waals surface area contributed by atoms with Crippen LogP contribution in [0.3, 0.4) is 0 Å². The van der Waals surface area contributed by atoms with E-state index in [1.165, 1.54) is 0 Å². The zero-order valence-electron chi connectivity index (χ0n) is 11.7. The highest BCUT2D eigenvalue weighted by Crippen LogP contribution is 2.30. The van der Waals surface area contributed by atoms with Crippen molar-refractivity contribution in [2.45, 2.75) is 32.0 Å². The molecule has 0 heterocycles. The van der Waals surface area contributed by atoms with E-state index in [0.717, 1.165) is 21.2 Å². The molecule has 3 heteroatoms. The fraction of sp³-hybridized carbons (Fsp3) is 0.294. The summed E-state index contributed by atoms with van der Waals surface area (Å²) in [6.45, 7) is 3.47. The van der Waals surface area contributed by atoms with Gasteiger partial charge in [-0.2, -0.15) is 0 Å². The number of benzene rings is 2. The third-order valence-electron chi connectivity index (χ3n) is 3.30. The van der Waals surface area contributed by atoms with Gasteiger partial charge < -0.3 is 10.2 Å². The Morgan fingerprint density at radius 3 is 2.45 bits per heavy atom. The van der Waals surface area contributed by atoms with Crippen molar-refractivity contribution in [2.75, 3.05) is 0 Å². The summed E-state index contributed by atoms with van der Waals surface area (Å²) in [4.78, 5) is 0. The number of hydrogen-bond acceptors (Lipinski definition) is 2. The van der Waals surface area contributed by atoms with Crippen LogP contribution in [0, 0.1) is 0 Å². The first-order valence-corrected chi connectivity index (χ1v) is 7.41. The van der Waals surface area contributed by atoms with Crippen LogP contribution in [0.15, 0.2) is 53.0 Å². The van der Waals surface area contributed by atoms with E-state index in [1.807, 2.05) is 48.5 Å². The Morgan fingerprint density at radius 2 is 1.80 bits per heavy atom. The van der Waals surface area contributed by atoms with E-state index in [1.54, 1.807) is 13.8 Å². The van der Waals surface area contributed by atoms with Crippen molar-refractivity contribution in [1.82, 2.24) is 0 Å². The monoisotopic (exact) mass is 334 g/mol. The molecule has 0 bridgehead atoms. The molecule has 0 radical (unpaired) electrons. The van der Waals surface area contributed by atoms with E-state index in [2.05, 4.69) is 15.9 Å². The average molecular weight is 335 g/mol. The van der Waals surface area contributed by atoms with Crippen LogP contribution < -0.4 is 0 Å². The molecule has 106 valence electrons. The minimum absolute atomic E-state index is 0.520. The lowest BCUT2D eigenvalue weighted by atomic mass is 9.89. The van der Waals surface area contributed by atoms with E-state index in [0.29, 0.717) is 6.42 Å². The van der Waals surface area contributed by atoms with Crippen LogP contribution in [0.5, 0.6) is 0 Å². The Balaban J connectivity index is 2.28. The Bertz CT molecular complexity index is 588. The van der Waals surface area contributed by atoms with Crippen molar-refractivity contribution < 1.29 is 10.2 Å². The van der Waals surface area contributed by atoms with Gasteiger partial charge in [0, 0.05) is 10.9 Å². The summed E-state index contributed by atoms with van der Waals surface area (Å²) in [5.41, 5.74) is 1.63. The van der Waals surface area contributed by atoms with Gasteiger partial charge in [-0.15, -0.1) is 0 Å². The minimum atomic E-state index is -0.963. The summed E-state index contributed by atoms with van der Waals surface area (Å²) in [5.74, 6) is 0. The van der Waals surface area contributed by atoms with Gasteiger partial charge in [0.2, 0.25) is 0 Å². The summed E-state index contributed by atoms with van der Waals surface area (Å²) >= 11 is 3.43. The lowest BCUT2D eigenvalue weighted by Gasteiger charge is -2.24. The summed E-state index contributed by atoms with van der Waals surface area (Å²) in [6.07, 6.45) is -0.112. The fourth-order valence-electron chi connectivity index (χ4n) is 2.34. The third-order valence-corrected chi connectivity index (χ3v) is 3.79. The first kappa shape index (κ1) is 15.2. The second-order valence-corrected chi connectivity index (χ2v) is 6.41. The smallest absolute Gasteiger partial charge is 0.0844 e. The molecule has 1 unspecified atom stereocenters. The first-order chi connectivity index (χ1) is 9.38. The highest BCUT2D eigenvalue weighted by atomic mass is 79.9. The SMILES string of the molecule is CC(C)(O)c1ccccc1C(O)Cc1cccc(Br)c1. The van der Waals surface area contributed by atoms with Gasteiger partial charge in [-0.3, -0.25) is 0 Å². The van der Waals surface area contributed by atoms with Crippen molar-refractivity contribution in [3.8, 4) is 0 Å². The molecule has 1 atom stereocenters. The van der Waals surface area contributed by atoms with Crippen LogP contribution in [0.4, 0.5) is 0 Å². The number of aliphatic hydroxyl groups excluding tert-OH is 1. The van der Waals surface area contributed by atoms with Crippen LogP contribution in [0.2, 0.25) is 0 Å². The van der Waals surface area contributed by atoms with Crippen LogP contribution in [0.25, 0.3) is 0 Å². The highest BCUT2D eigenvalue weighted by Gasteiger charge is 2.23. The first-order valence-electron chi connectivity index (χ1n) is 6.62. The molecule has 0 saturated carbocycles. The normalized spacial score (nSPS) is 13.2. The summed E-state index contributed by atoms with van der Waals surface area (Å²) < 4.78 is 0.998. The van der Waals surface area contributed by atoms with Crippen molar-refractivity contribution in [1.29, 1.82) is 0 Å². The molecule has 0 amide bonds. The van der Waals surface area contributed by atoms with E-state index < -0.39 is 11.7 Å². The van der Waals surface area contributed by atoms with Gasteiger partial charge in [-0.05, 0) is 42.7 Å². The average Bonchev–Trinajstić information content (AvgIpc) is 2.37. The predicted octanol–water partition coefficient (Wildman–Crippen LogP) is 3.95. The standard InChI is InChI=1S/C17H19BrO2/c1-17(2,20)15-9-4-3-8-14(15)16(19)11-12-6-5-7-13(18)10-12/h3-10,16,19-20H,11H2,1-2H3. The van der Waals surface area contributed by atoms with E-state index >= 15 is 0 Å². The maximum absolute atomic E-state index is 10.5. The van der Waals surface area contributed by atoms with Gasteiger partial charge in [0.05, 0.1) is 11.7 Å². The quantitative estimate of drug-likeness (QED) is 0.888. The maximum Gasteiger partial charge on any atom is 0.0844 e. The molecule has 2 aromatic carbocycles. The summed E-state index contributed by atoms with van der Waals surface area (Å²) in [5, 5.41) is 20.7. The third kappa shape index (κ3) is 3.69. The van der Waals surface area contributed by atoms with Gasteiger partial charge in [0.25, 0.3) is 0 Å². The van der Waals surface area contributed by atoms with Gasteiger partial charge in [0.1, 0.15) is 0 Å². The molecule has 2 rings (SSSR count). The van der Waals surface area contributed by atoms with Gasteiger partial charge in [-0.25, -0.2) is 0 Å². The Morgan fingerprint density at radius 1 is 1.10 bits per heavy atom.